The second kappa shape index (κ2) is 4.19. The predicted molar refractivity (Wildman–Crippen MR) is 60.1 cm³/mol. The minimum absolute atomic E-state index is 0.0912. The zero-order valence-electron chi connectivity index (χ0n) is 8.38. The standard InChI is InChI=1S/C12H10N2O2/c13-7-9(12(15)16)6-10-5-8-3-1-2-4-11(8)14-10/h1-6,12,14-16H. The molecule has 0 aliphatic carbocycles. The van der Waals surface area contributed by atoms with Crippen LogP contribution in [0.1, 0.15) is 5.69 Å². The lowest BCUT2D eigenvalue weighted by atomic mass is 10.2. The molecule has 0 amide bonds. The highest BCUT2D eigenvalue weighted by atomic mass is 16.5. The first-order chi connectivity index (χ1) is 7.70. The maximum Gasteiger partial charge on any atom is 0.188 e. The Morgan fingerprint density at radius 3 is 2.75 bits per heavy atom. The summed E-state index contributed by atoms with van der Waals surface area (Å²) in [5, 5.41) is 27.5. The first-order valence-corrected chi connectivity index (χ1v) is 4.76. The molecule has 0 aliphatic heterocycles. The molecule has 4 nitrogen and oxygen atoms in total. The molecule has 80 valence electrons. The minimum atomic E-state index is -1.74. The van der Waals surface area contributed by atoms with Crippen molar-refractivity contribution in [1.82, 2.24) is 4.98 Å². The molecule has 1 aromatic carbocycles. The topological polar surface area (TPSA) is 80.0 Å². The molecule has 0 spiro atoms. The molecule has 0 bridgehead atoms. The fourth-order valence-electron chi connectivity index (χ4n) is 1.51. The third-order valence-corrected chi connectivity index (χ3v) is 2.27. The van der Waals surface area contributed by atoms with E-state index in [1.54, 1.807) is 6.07 Å². The van der Waals surface area contributed by atoms with Crippen LogP contribution in [0.5, 0.6) is 0 Å². The predicted octanol–water partition coefficient (Wildman–Crippen LogP) is 1.39. The number of nitrogens with one attached hydrogen (secondary N) is 1. The first-order valence-electron chi connectivity index (χ1n) is 4.76. The van der Waals surface area contributed by atoms with Crippen LogP contribution >= 0.6 is 0 Å². The van der Waals surface area contributed by atoms with E-state index in [-0.39, 0.29) is 5.57 Å². The summed E-state index contributed by atoms with van der Waals surface area (Å²) in [6.45, 7) is 0. The van der Waals surface area contributed by atoms with Crippen molar-refractivity contribution in [3.63, 3.8) is 0 Å². The molecule has 2 aromatic rings. The molecule has 0 saturated carbocycles. The van der Waals surface area contributed by atoms with Gasteiger partial charge in [0.2, 0.25) is 0 Å². The van der Waals surface area contributed by atoms with Crippen LogP contribution < -0.4 is 0 Å². The van der Waals surface area contributed by atoms with Crippen LogP contribution in [0, 0.1) is 11.3 Å². The fraction of sp³-hybridized carbons (Fsp3) is 0.0833. The molecule has 0 radical (unpaired) electrons. The van der Waals surface area contributed by atoms with Crippen molar-refractivity contribution in [2.45, 2.75) is 6.29 Å². The third kappa shape index (κ3) is 1.96. The fourth-order valence-corrected chi connectivity index (χ4v) is 1.51. The van der Waals surface area contributed by atoms with Gasteiger partial charge in [-0.05, 0) is 23.6 Å². The van der Waals surface area contributed by atoms with Crippen LogP contribution in [0.25, 0.3) is 17.0 Å². The van der Waals surface area contributed by atoms with Crippen LogP contribution in [0.4, 0.5) is 0 Å². The summed E-state index contributed by atoms with van der Waals surface area (Å²) in [5.41, 5.74) is 1.52. The van der Waals surface area contributed by atoms with Gasteiger partial charge in [0.25, 0.3) is 0 Å². The average Bonchev–Trinajstić information content (AvgIpc) is 2.67. The van der Waals surface area contributed by atoms with Crippen molar-refractivity contribution in [3.05, 3.63) is 41.6 Å². The summed E-state index contributed by atoms with van der Waals surface area (Å²) in [5.74, 6) is 0. The van der Waals surface area contributed by atoms with Gasteiger partial charge in [0.05, 0.1) is 5.57 Å². The molecule has 0 saturated heterocycles. The molecular formula is C12H10N2O2. The van der Waals surface area contributed by atoms with E-state index in [9.17, 15) is 0 Å². The highest BCUT2D eigenvalue weighted by Gasteiger charge is 2.06. The van der Waals surface area contributed by atoms with Crippen LogP contribution in [0.15, 0.2) is 35.9 Å². The third-order valence-electron chi connectivity index (χ3n) is 2.27. The van der Waals surface area contributed by atoms with Crippen LogP contribution in [-0.2, 0) is 0 Å². The van der Waals surface area contributed by atoms with E-state index in [1.165, 1.54) is 6.08 Å². The van der Waals surface area contributed by atoms with Crippen LogP contribution in [0.3, 0.4) is 0 Å². The van der Waals surface area contributed by atoms with Crippen molar-refractivity contribution >= 4 is 17.0 Å². The number of aromatic amines is 1. The molecule has 0 fully saturated rings. The van der Waals surface area contributed by atoms with Gasteiger partial charge in [-0.3, -0.25) is 0 Å². The Morgan fingerprint density at radius 2 is 2.12 bits per heavy atom. The van der Waals surface area contributed by atoms with E-state index >= 15 is 0 Å². The zero-order chi connectivity index (χ0) is 11.5. The molecule has 4 heteroatoms. The van der Waals surface area contributed by atoms with Crippen molar-refractivity contribution in [1.29, 1.82) is 5.26 Å². The van der Waals surface area contributed by atoms with Gasteiger partial charge in [-0.2, -0.15) is 5.26 Å². The number of H-pyrrole nitrogens is 1. The van der Waals surface area contributed by atoms with Crippen molar-refractivity contribution in [2.24, 2.45) is 0 Å². The molecule has 0 aliphatic rings. The number of aromatic nitrogens is 1. The Kier molecular flexibility index (Phi) is 2.73. The van der Waals surface area contributed by atoms with Gasteiger partial charge in [-0.15, -0.1) is 0 Å². The largest absolute Gasteiger partial charge is 0.364 e. The zero-order valence-corrected chi connectivity index (χ0v) is 8.38. The number of nitrogens with zero attached hydrogens (tertiary/aromatic N) is 1. The Labute approximate surface area is 92.1 Å². The number of benzene rings is 1. The van der Waals surface area contributed by atoms with Crippen molar-refractivity contribution in [3.8, 4) is 6.07 Å². The maximum atomic E-state index is 8.90. The number of aliphatic hydroxyl groups excluding tert-OH is 1. The Hall–Kier alpha value is -2.09. The lowest BCUT2D eigenvalue weighted by Crippen LogP contribution is -2.06. The summed E-state index contributed by atoms with van der Waals surface area (Å²) in [6.07, 6.45) is -0.318. The smallest absolute Gasteiger partial charge is 0.188 e. The summed E-state index contributed by atoms with van der Waals surface area (Å²) in [7, 11) is 0. The molecule has 0 unspecified atom stereocenters. The highest BCUT2D eigenvalue weighted by Crippen LogP contribution is 2.17. The van der Waals surface area contributed by atoms with Crippen molar-refractivity contribution < 1.29 is 10.2 Å². The second-order valence-electron chi connectivity index (χ2n) is 3.40. The van der Waals surface area contributed by atoms with E-state index in [0.717, 1.165) is 10.9 Å². The molecule has 1 aromatic heterocycles. The number of hydrogen-bond donors (Lipinski definition) is 3. The molecule has 3 N–H and O–H groups in total. The van der Waals surface area contributed by atoms with Gasteiger partial charge in [-0.25, -0.2) is 0 Å². The number of fused-ring (bicyclic) bond motifs is 1. The lowest BCUT2D eigenvalue weighted by molar-refractivity contribution is -0.00333. The SMILES string of the molecule is N#CC(=Cc1cc2ccccc2[nH]1)C(O)O. The van der Waals surface area contributed by atoms with E-state index in [2.05, 4.69) is 4.98 Å². The van der Waals surface area contributed by atoms with Gasteiger partial charge in [0, 0.05) is 11.2 Å². The summed E-state index contributed by atoms with van der Waals surface area (Å²) >= 11 is 0. The normalized spacial score (nSPS) is 12.0. The first kappa shape index (κ1) is 10.4. The number of para-hydroxylation sites is 1. The molecule has 2 rings (SSSR count). The number of aliphatic hydroxyl groups is 2. The number of rotatable bonds is 2. The van der Waals surface area contributed by atoms with Gasteiger partial charge in [0.1, 0.15) is 6.07 Å². The minimum Gasteiger partial charge on any atom is -0.364 e. The molecule has 0 atom stereocenters. The Balaban J connectivity index is 2.45. The Morgan fingerprint density at radius 1 is 1.38 bits per heavy atom. The van der Waals surface area contributed by atoms with Crippen LogP contribution in [0.2, 0.25) is 0 Å². The van der Waals surface area contributed by atoms with E-state index in [0.29, 0.717) is 5.69 Å². The second-order valence-corrected chi connectivity index (χ2v) is 3.40. The van der Waals surface area contributed by atoms with Crippen LogP contribution in [-0.4, -0.2) is 21.5 Å². The highest BCUT2D eigenvalue weighted by molar-refractivity contribution is 5.82. The molecule has 1 heterocycles. The quantitative estimate of drug-likeness (QED) is 0.522. The van der Waals surface area contributed by atoms with Gasteiger partial charge in [-0.1, -0.05) is 18.2 Å². The van der Waals surface area contributed by atoms with Crippen molar-refractivity contribution in [2.75, 3.05) is 0 Å². The summed E-state index contributed by atoms with van der Waals surface area (Å²) < 4.78 is 0. The molecule has 16 heavy (non-hydrogen) atoms. The average molecular weight is 214 g/mol. The maximum absolute atomic E-state index is 8.90. The van der Waals surface area contributed by atoms with E-state index < -0.39 is 6.29 Å². The monoisotopic (exact) mass is 214 g/mol. The summed E-state index contributed by atoms with van der Waals surface area (Å²) in [6, 6.07) is 11.2. The number of hydrogen-bond acceptors (Lipinski definition) is 3. The lowest BCUT2D eigenvalue weighted by Gasteiger charge is -1.98. The number of nitriles is 1. The van der Waals surface area contributed by atoms with E-state index in [1.807, 2.05) is 30.3 Å². The van der Waals surface area contributed by atoms with Gasteiger partial charge >= 0.3 is 0 Å². The molecular weight excluding hydrogens is 204 g/mol. The summed E-state index contributed by atoms with van der Waals surface area (Å²) in [4.78, 5) is 3.07. The van der Waals surface area contributed by atoms with E-state index in [4.69, 9.17) is 15.5 Å². The van der Waals surface area contributed by atoms with Gasteiger partial charge in [0.15, 0.2) is 6.29 Å². The Bertz CT molecular complexity index is 543. The van der Waals surface area contributed by atoms with Gasteiger partial charge < -0.3 is 15.2 Å².